The van der Waals surface area contributed by atoms with E-state index in [4.69, 9.17) is 11.6 Å². The normalized spacial score (nSPS) is 12.2. The van der Waals surface area contributed by atoms with Crippen LogP contribution in [0.4, 0.5) is 5.69 Å². The molecule has 9 heteroatoms. The minimum absolute atomic E-state index is 0.0117. The van der Waals surface area contributed by atoms with Crippen LogP contribution in [0, 0.1) is 20.8 Å². The van der Waals surface area contributed by atoms with Crippen LogP contribution in [0.3, 0.4) is 0 Å². The zero-order chi connectivity index (χ0) is 29.6. The number of hydrogen-bond donors (Lipinski definition) is 1. The first-order valence-corrected chi connectivity index (χ1v) is 15.2. The molecule has 0 unspecified atom stereocenters. The maximum atomic E-state index is 14.1. The number of hydrogen-bond acceptors (Lipinski definition) is 4. The number of carbonyl (C=O) groups excluding carboxylic acids is 2. The summed E-state index contributed by atoms with van der Waals surface area (Å²) >= 11 is 6.02. The fraction of sp³-hybridized carbons (Fsp3) is 0.355. The average Bonchev–Trinajstić information content (AvgIpc) is 2.89. The summed E-state index contributed by atoms with van der Waals surface area (Å²) in [6.07, 6.45) is 0.365. The zero-order valence-corrected chi connectivity index (χ0v) is 25.5. The van der Waals surface area contributed by atoms with E-state index in [9.17, 15) is 18.0 Å². The molecule has 0 aliphatic heterocycles. The molecular formula is C31H38ClN3O4S. The lowest BCUT2D eigenvalue weighted by Gasteiger charge is -2.33. The van der Waals surface area contributed by atoms with Gasteiger partial charge in [-0.05, 0) is 94.1 Å². The first kappa shape index (κ1) is 31.2. The predicted molar refractivity (Wildman–Crippen MR) is 161 cm³/mol. The lowest BCUT2D eigenvalue weighted by atomic mass is 10.1. The Balaban J connectivity index is 2.08. The monoisotopic (exact) mass is 583 g/mol. The lowest BCUT2D eigenvalue weighted by molar-refractivity contribution is -0.140. The van der Waals surface area contributed by atoms with Gasteiger partial charge in [-0.3, -0.25) is 13.9 Å². The third-order valence-electron chi connectivity index (χ3n) is 6.75. The molecular weight excluding hydrogens is 546 g/mol. The van der Waals surface area contributed by atoms with E-state index >= 15 is 0 Å². The Labute approximate surface area is 243 Å². The largest absolute Gasteiger partial charge is 0.352 e. The van der Waals surface area contributed by atoms with E-state index in [1.807, 2.05) is 71.9 Å². The van der Waals surface area contributed by atoms with E-state index in [1.54, 1.807) is 12.1 Å². The van der Waals surface area contributed by atoms with Crippen LogP contribution in [0.25, 0.3) is 0 Å². The number of amides is 2. The van der Waals surface area contributed by atoms with E-state index in [1.165, 1.54) is 29.2 Å². The highest BCUT2D eigenvalue weighted by atomic mass is 35.5. The fourth-order valence-corrected chi connectivity index (χ4v) is 5.87. The van der Waals surface area contributed by atoms with Crippen molar-refractivity contribution in [2.75, 3.05) is 10.8 Å². The number of nitrogens with one attached hydrogen (secondary N) is 1. The number of aryl methyl sites for hydroxylation is 3. The molecule has 7 nitrogen and oxygen atoms in total. The summed E-state index contributed by atoms with van der Waals surface area (Å²) in [6.45, 7) is 11.0. The molecule has 1 atom stereocenters. The predicted octanol–water partition coefficient (Wildman–Crippen LogP) is 5.79. The first-order chi connectivity index (χ1) is 18.8. The van der Waals surface area contributed by atoms with Crippen LogP contribution in [0.15, 0.2) is 71.6 Å². The molecule has 40 heavy (non-hydrogen) atoms. The number of carbonyl (C=O) groups is 2. The molecule has 3 rings (SSSR count). The van der Waals surface area contributed by atoms with Crippen LogP contribution in [-0.2, 0) is 26.2 Å². The lowest BCUT2D eigenvalue weighted by Crippen LogP contribution is -2.53. The molecule has 0 saturated heterocycles. The summed E-state index contributed by atoms with van der Waals surface area (Å²) in [5.74, 6) is -0.765. The molecule has 0 radical (unpaired) electrons. The zero-order valence-electron chi connectivity index (χ0n) is 23.9. The van der Waals surface area contributed by atoms with E-state index in [0.29, 0.717) is 17.1 Å². The van der Waals surface area contributed by atoms with Gasteiger partial charge in [0.15, 0.2) is 0 Å². The van der Waals surface area contributed by atoms with E-state index in [-0.39, 0.29) is 23.4 Å². The average molecular weight is 584 g/mol. The minimum atomic E-state index is -4.15. The first-order valence-electron chi connectivity index (χ1n) is 13.3. The molecule has 0 aliphatic rings. The Morgan fingerprint density at radius 2 is 1.52 bits per heavy atom. The molecule has 0 spiro atoms. The molecule has 0 fully saturated rings. The van der Waals surface area contributed by atoms with Crippen LogP contribution in [-0.4, -0.2) is 43.8 Å². The summed E-state index contributed by atoms with van der Waals surface area (Å²) < 4.78 is 29.0. The number of nitrogens with zero attached hydrogens (tertiary/aromatic N) is 2. The Morgan fingerprint density at radius 1 is 0.900 bits per heavy atom. The second-order valence-electron chi connectivity index (χ2n) is 10.3. The molecule has 214 valence electrons. The third-order valence-corrected chi connectivity index (χ3v) is 8.79. The second kappa shape index (κ2) is 13.3. The van der Waals surface area contributed by atoms with Gasteiger partial charge >= 0.3 is 0 Å². The van der Waals surface area contributed by atoms with Gasteiger partial charge in [0.25, 0.3) is 10.0 Å². The molecule has 0 aromatic heterocycles. The molecule has 1 N–H and O–H groups in total. The van der Waals surface area contributed by atoms with E-state index < -0.39 is 28.5 Å². The maximum absolute atomic E-state index is 14.1. The number of benzene rings is 3. The Bertz CT molecular complexity index is 1440. The van der Waals surface area contributed by atoms with Crippen LogP contribution in [0.2, 0.25) is 5.02 Å². The molecule has 2 amide bonds. The molecule has 0 aliphatic carbocycles. The van der Waals surface area contributed by atoms with Crippen molar-refractivity contribution in [1.29, 1.82) is 0 Å². The van der Waals surface area contributed by atoms with Gasteiger partial charge in [-0.1, -0.05) is 54.4 Å². The quantitative estimate of drug-likeness (QED) is 0.309. The van der Waals surface area contributed by atoms with Crippen molar-refractivity contribution in [2.24, 2.45) is 0 Å². The number of rotatable bonds is 11. The number of halogens is 1. The highest BCUT2D eigenvalue weighted by molar-refractivity contribution is 7.92. The van der Waals surface area contributed by atoms with Crippen molar-refractivity contribution in [3.05, 3.63) is 94.0 Å². The van der Waals surface area contributed by atoms with Gasteiger partial charge in [-0.2, -0.15) is 0 Å². The van der Waals surface area contributed by atoms with Crippen molar-refractivity contribution < 1.29 is 18.0 Å². The van der Waals surface area contributed by atoms with Crippen LogP contribution in [0.5, 0.6) is 0 Å². The number of anilines is 1. The Morgan fingerprint density at radius 3 is 2.08 bits per heavy atom. The van der Waals surface area contributed by atoms with Crippen LogP contribution in [0.1, 0.15) is 49.4 Å². The summed E-state index contributed by atoms with van der Waals surface area (Å²) in [4.78, 5) is 28.8. The van der Waals surface area contributed by atoms with Crippen LogP contribution >= 0.6 is 11.6 Å². The highest BCUT2D eigenvalue weighted by Crippen LogP contribution is 2.27. The van der Waals surface area contributed by atoms with Gasteiger partial charge in [0, 0.05) is 17.6 Å². The standard InChI is InChI=1S/C31H38ClN3O4S/c1-7-29(31(37)33-21(2)3)34(19-25-11-8-22(4)9-12-25)30(36)20-35(27-15-10-23(5)24(6)18-27)40(38,39)28-16-13-26(32)14-17-28/h8-18,21,29H,7,19-20H2,1-6H3,(H,33,37)/t29-/m0/s1. The summed E-state index contributed by atoms with van der Waals surface area (Å²) in [6, 6.07) is 17.9. The van der Waals surface area contributed by atoms with Crippen LogP contribution < -0.4 is 9.62 Å². The summed E-state index contributed by atoms with van der Waals surface area (Å²) in [7, 11) is -4.15. The third kappa shape index (κ3) is 7.64. The molecule has 3 aromatic rings. The number of sulfonamides is 1. The van der Waals surface area contributed by atoms with Gasteiger partial charge in [-0.25, -0.2) is 8.42 Å². The molecule has 0 saturated carbocycles. The highest BCUT2D eigenvalue weighted by Gasteiger charge is 2.34. The molecule has 3 aromatic carbocycles. The van der Waals surface area contributed by atoms with E-state index in [2.05, 4.69) is 5.32 Å². The SMILES string of the molecule is CC[C@@H](C(=O)NC(C)C)N(Cc1ccc(C)cc1)C(=O)CN(c1ccc(C)c(C)c1)S(=O)(=O)c1ccc(Cl)cc1. The van der Waals surface area contributed by atoms with Crippen molar-refractivity contribution in [3.8, 4) is 0 Å². The topological polar surface area (TPSA) is 86.8 Å². The van der Waals surface area contributed by atoms with Crippen molar-refractivity contribution in [3.63, 3.8) is 0 Å². The fourth-order valence-electron chi connectivity index (χ4n) is 4.33. The maximum Gasteiger partial charge on any atom is 0.264 e. The van der Waals surface area contributed by atoms with Gasteiger partial charge < -0.3 is 10.2 Å². The van der Waals surface area contributed by atoms with Crippen molar-refractivity contribution >= 4 is 39.1 Å². The molecule has 0 bridgehead atoms. The summed E-state index contributed by atoms with van der Waals surface area (Å²) in [5, 5.41) is 3.31. The Kier molecular flexibility index (Phi) is 10.4. The van der Waals surface area contributed by atoms with Gasteiger partial charge in [0.05, 0.1) is 10.6 Å². The smallest absolute Gasteiger partial charge is 0.264 e. The van der Waals surface area contributed by atoms with Gasteiger partial charge in [0.1, 0.15) is 12.6 Å². The van der Waals surface area contributed by atoms with Gasteiger partial charge in [0.2, 0.25) is 11.8 Å². The van der Waals surface area contributed by atoms with Crippen molar-refractivity contribution in [1.82, 2.24) is 10.2 Å². The molecule has 0 heterocycles. The van der Waals surface area contributed by atoms with Crippen molar-refractivity contribution in [2.45, 2.75) is 71.5 Å². The minimum Gasteiger partial charge on any atom is -0.352 e. The summed E-state index contributed by atoms with van der Waals surface area (Å²) in [5.41, 5.74) is 4.16. The van der Waals surface area contributed by atoms with E-state index in [0.717, 1.165) is 26.6 Å². The Hall–Kier alpha value is -3.36. The second-order valence-corrected chi connectivity index (χ2v) is 12.6. The van der Waals surface area contributed by atoms with Gasteiger partial charge in [-0.15, -0.1) is 0 Å².